The van der Waals surface area contributed by atoms with Gasteiger partial charge < -0.3 is 15.4 Å². The van der Waals surface area contributed by atoms with Crippen molar-refractivity contribution in [2.45, 2.75) is 38.7 Å². The van der Waals surface area contributed by atoms with E-state index < -0.39 is 0 Å². The number of carbonyl (C=O) groups excluding carboxylic acids is 1. The Bertz CT molecular complexity index is 457. The predicted octanol–water partition coefficient (Wildman–Crippen LogP) is 1.93. The number of rotatable bonds is 4. The van der Waals surface area contributed by atoms with Gasteiger partial charge in [0.2, 0.25) is 5.91 Å². The van der Waals surface area contributed by atoms with Crippen LogP contribution in [-0.2, 0) is 21.4 Å². The summed E-state index contributed by atoms with van der Waals surface area (Å²) in [4.78, 5) is 16.5. The molecule has 0 aliphatic carbocycles. The number of halogens is 2. The van der Waals surface area contributed by atoms with Crippen LogP contribution in [0.5, 0.6) is 0 Å². The summed E-state index contributed by atoms with van der Waals surface area (Å²) in [6, 6.07) is 0. The average molecular weight is 370 g/mol. The molecule has 1 unspecified atom stereocenters. The topological polar surface area (TPSA) is 63.2 Å². The van der Waals surface area contributed by atoms with Crippen LogP contribution in [0.3, 0.4) is 0 Å². The molecular formula is C14H25Cl2N3O2S. The number of aromatic nitrogens is 1. The van der Waals surface area contributed by atoms with Gasteiger partial charge in [-0.2, -0.15) is 0 Å². The molecule has 0 bridgehead atoms. The van der Waals surface area contributed by atoms with Gasteiger partial charge in [0.05, 0.1) is 17.3 Å². The summed E-state index contributed by atoms with van der Waals surface area (Å²) in [5.74, 6) is -0.0372. The average Bonchev–Trinajstić information content (AvgIpc) is 2.88. The fourth-order valence-corrected chi connectivity index (χ4v) is 2.94. The molecular weight excluding hydrogens is 345 g/mol. The van der Waals surface area contributed by atoms with Gasteiger partial charge in [0.15, 0.2) is 0 Å². The third-order valence-electron chi connectivity index (χ3n) is 3.18. The van der Waals surface area contributed by atoms with Gasteiger partial charge >= 0.3 is 0 Å². The van der Waals surface area contributed by atoms with E-state index in [9.17, 15) is 4.79 Å². The van der Waals surface area contributed by atoms with E-state index in [0.717, 1.165) is 23.7 Å². The van der Waals surface area contributed by atoms with Crippen molar-refractivity contribution >= 4 is 42.1 Å². The van der Waals surface area contributed by atoms with Crippen LogP contribution in [0, 0.1) is 0 Å². The van der Waals surface area contributed by atoms with Crippen LogP contribution in [0.4, 0.5) is 0 Å². The number of thiazole rings is 1. The van der Waals surface area contributed by atoms with E-state index in [1.165, 1.54) is 0 Å². The molecule has 1 aliphatic rings. The van der Waals surface area contributed by atoms with E-state index in [-0.39, 0.29) is 42.2 Å². The lowest BCUT2D eigenvalue weighted by Gasteiger charge is -2.22. The lowest BCUT2D eigenvalue weighted by atomic mass is 9.93. The number of hydrogen-bond acceptors (Lipinski definition) is 5. The highest BCUT2D eigenvalue weighted by Crippen LogP contribution is 2.23. The Kier molecular flexibility index (Phi) is 9.50. The minimum absolute atomic E-state index is 0. The third-order valence-corrected chi connectivity index (χ3v) is 4.09. The van der Waals surface area contributed by atoms with Crippen molar-refractivity contribution in [3.8, 4) is 0 Å². The fourth-order valence-electron chi connectivity index (χ4n) is 1.91. The summed E-state index contributed by atoms with van der Waals surface area (Å²) in [7, 11) is 0. The Labute approximate surface area is 148 Å². The monoisotopic (exact) mass is 369 g/mol. The van der Waals surface area contributed by atoms with E-state index in [4.69, 9.17) is 4.74 Å². The summed E-state index contributed by atoms with van der Waals surface area (Å²) < 4.78 is 5.40. The SMILES string of the molecule is CC(C)(C)c1csc(CCNC(=O)C2CNCCO2)n1.Cl.Cl. The van der Waals surface area contributed by atoms with Gasteiger partial charge in [-0.3, -0.25) is 4.79 Å². The highest BCUT2D eigenvalue weighted by atomic mass is 35.5. The van der Waals surface area contributed by atoms with Crippen LogP contribution in [0.2, 0.25) is 0 Å². The zero-order valence-electron chi connectivity index (χ0n) is 13.2. The molecule has 2 heterocycles. The molecule has 2 N–H and O–H groups in total. The molecule has 8 heteroatoms. The van der Waals surface area contributed by atoms with Crippen molar-refractivity contribution in [2.24, 2.45) is 0 Å². The van der Waals surface area contributed by atoms with Gasteiger partial charge in [-0.05, 0) is 0 Å². The van der Waals surface area contributed by atoms with Gasteiger partial charge in [-0.1, -0.05) is 20.8 Å². The first-order valence-electron chi connectivity index (χ1n) is 7.02. The smallest absolute Gasteiger partial charge is 0.250 e. The van der Waals surface area contributed by atoms with Crippen LogP contribution < -0.4 is 10.6 Å². The predicted molar refractivity (Wildman–Crippen MR) is 94.6 cm³/mol. The number of carbonyl (C=O) groups is 1. The molecule has 0 spiro atoms. The van der Waals surface area contributed by atoms with Gasteiger partial charge in [0.25, 0.3) is 0 Å². The quantitative estimate of drug-likeness (QED) is 0.850. The molecule has 128 valence electrons. The minimum Gasteiger partial charge on any atom is -0.366 e. The van der Waals surface area contributed by atoms with Crippen molar-refractivity contribution < 1.29 is 9.53 Å². The Morgan fingerprint density at radius 1 is 1.50 bits per heavy atom. The Morgan fingerprint density at radius 3 is 2.77 bits per heavy atom. The first kappa shape index (κ1) is 21.6. The molecule has 22 heavy (non-hydrogen) atoms. The zero-order valence-corrected chi connectivity index (χ0v) is 15.6. The molecule has 0 saturated carbocycles. The first-order valence-corrected chi connectivity index (χ1v) is 7.90. The van der Waals surface area contributed by atoms with E-state index in [1.807, 2.05) is 0 Å². The Morgan fingerprint density at radius 2 is 2.23 bits per heavy atom. The van der Waals surface area contributed by atoms with E-state index >= 15 is 0 Å². The van der Waals surface area contributed by atoms with Crippen molar-refractivity contribution in [2.75, 3.05) is 26.2 Å². The maximum Gasteiger partial charge on any atom is 0.250 e. The Hall–Kier alpha value is -0.400. The van der Waals surface area contributed by atoms with Gasteiger partial charge in [0, 0.05) is 36.9 Å². The van der Waals surface area contributed by atoms with Crippen molar-refractivity contribution in [1.82, 2.24) is 15.6 Å². The number of nitrogens with zero attached hydrogens (tertiary/aromatic N) is 1. The van der Waals surface area contributed by atoms with Crippen LogP contribution in [0.15, 0.2) is 5.38 Å². The first-order chi connectivity index (χ1) is 9.47. The second kappa shape index (κ2) is 9.67. The Balaban J connectivity index is 0.00000220. The molecule has 5 nitrogen and oxygen atoms in total. The van der Waals surface area contributed by atoms with Gasteiger partial charge in [0.1, 0.15) is 6.10 Å². The standard InChI is InChI=1S/C14H23N3O2S.2ClH/c1-14(2,3)11-9-20-12(17-11)4-5-16-13(18)10-8-15-6-7-19-10;;/h9-10,15H,4-8H2,1-3H3,(H,16,18);2*1H. The molecule has 0 aromatic carbocycles. The molecule has 1 fully saturated rings. The minimum atomic E-state index is -0.356. The summed E-state index contributed by atoms with van der Waals surface area (Å²) >= 11 is 1.66. The number of morpholine rings is 1. The van der Waals surface area contributed by atoms with Gasteiger partial charge in [-0.25, -0.2) is 4.98 Å². The molecule has 2 rings (SSSR count). The number of amides is 1. The molecule has 0 radical (unpaired) electrons. The lowest BCUT2D eigenvalue weighted by Crippen LogP contribution is -2.48. The molecule has 1 aromatic heterocycles. The third kappa shape index (κ3) is 6.38. The summed E-state index contributed by atoms with van der Waals surface area (Å²) in [6.07, 6.45) is 0.414. The summed E-state index contributed by atoms with van der Waals surface area (Å²) in [5, 5.41) is 9.23. The normalized spacial score (nSPS) is 18.0. The highest BCUT2D eigenvalue weighted by molar-refractivity contribution is 7.09. The molecule has 1 aromatic rings. The van der Waals surface area contributed by atoms with Crippen molar-refractivity contribution in [3.63, 3.8) is 0 Å². The number of ether oxygens (including phenoxy) is 1. The zero-order chi connectivity index (χ0) is 14.6. The van der Waals surface area contributed by atoms with E-state index in [1.54, 1.807) is 11.3 Å². The van der Waals surface area contributed by atoms with Crippen LogP contribution in [0.1, 0.15) is 31.5 Å². The second-order valence-corrected chi connectivity index (χ2v) is 6.92. The van der Waals surface area contributed by atoms with Crippen LogP contribution >= 0.6 is 36.2 Å². The van der Waals surface area contributed by atoms with E-state index in [0.29, 0.717) is 19.7 Å². The fraction of sp³-hybridized carbons (Fsp3) is 0.714. The largest absolute Gasteiger partial charge is 0.366 e. The molecule has 1 atom stereocenters. The molecule has 1 aliphatic heterocycles. The van der Waals surface area contributed by atoms with E-state index in [2.05, 4.69) is 41.8 Å². The number of nitrogens with one attached hydrogen (secondary N) is 2. The summed E-state index contributed by atoms with van der Waals surface area (Å²) in [6.45, 7) is 9.08. The van der Waals surface area contributed by atoms with Crippen molar-refractivity contribution in [1.29, 1.82) is 0 Å². The maximum absolute atomic E-state index is 11.9. The lowest BCUT2D eigenvalue weighted by molar-refractivity contribution is -0.134. The van der Waals surface area contributed by atoms with Gasteiger partial charge in [-0.15, -0.1) is 36.2 Å². The van der Waals surface area contributed by atoms with Crippen molar-refractivity contribution in [3.05, 3.63) is 16.1 Å². The van der Waals surface area contributed by atoms with Crippen LogP contribution in [0.25, 0.3) is 0 Å². The maximum atomic E-state index is 11.9. The molecule has 1 saturated heterocycles. The highest BCUT2D eigenvalue weighted by Gasteiger charge is 2.21. The number of hydrogen-bond donors (Lipinski definition) is 2. The molecule has 1 amide bonds. The van der Waals surface area contributed by atoms with Crippen LogP contribution in [-0.4, -0.2) is 43.2 Å². The second-order valence-electron chi connectivity index (χ2n) is 5.98. The summed E-state index contributed by atoms with van der Waals surface area (Å²) in [5.41, 5.74) is 1.20.